The van der Waals surface area contributed by atoms with E-state index in [2.05, 4.69) is 10.5 Å². The average Bonchev–Trinajstić information content (AvgIpc) is 3.06. The van der Waals surface area contributed by atoms with Crippen molar-refractivity contribution in [2.45, 2.75) is 0 Å². The van der Waals surface area contributed by atoms with Gasteiger partial charge in [-0.25, -0.2) is 5.43 Å². The van der Waals surface area contributed by atoms with Crippen molar-refractivity contribution in [2.24, 2.45) is 10.8 Å². The van der Waals surface area contributed by atoms with Crippen LogP contribution in [0.5, 0.6) is 0 Å². The van der Waals surface area contributed by atoms with Gasteiger partial charge in [-0.05, 0) is 35.7 Å². The highest BCUT2D eigenvalue weighted by Crippen LogP contribution is 2.18. The fourth-order valence-corrected chi connectivity index (χ4v) is 2.72. The van der Waals surface area contributed by atoms with E-state index >= 15 is 0 Å². The lowest BCUT2D eigenvalue weighted by Gasteiger charge is -2.02. The smallest absolute Gasteiger partial charge is 0.281 e. The first-order valence-electron chi connectivity index (χ1n) is 6.45. The zero-order valence-corrected chi connectivity index (χ0v) is 13.1. The molecule has 2 amide bonds. The van der Waals surface area contributed by atoms with E-state index in [-0.39, 0.29) is 11.1 Å². The Balaban J connectivity index is 2.06. The van der Waals surface area contributed by atoms with Crippen LogP contribution in [-0.4, -0.2) is 11.8 Å². The molecule has 0 saturated carbocycles. The number of benzene rings is 1. The van der Waals surface area contributed by atoms with Gasteiger partial charge in [0.25, 0.3) is 11.8 Å². The van der Waals surface area contributed by atoms with Crippen LogP contribution in [0.15, 0.2) is 51.3 Å². The molecule has 0 radical (unpaired) electrons. The van der Waals surface area contributed by atoms with E-state index in [0.717, 1.165) is 0 Å². The third-order valence-corrected chi connectivity index (χ3v) is 4.08. The van der Waals surface area contributed by atoms with Gasteiger partial charge in [0.15, 0.2) is 0 Å². The monoisotopic (exact) mass is 347 g/mol. The summed E-state index contributed by atoms with van der Waals surface area (Å²) >= 11 is 7.18. The summed E-state index contributed by atoms with van der Waals surface area (Å²) in [6.07, 6.45) is 0. The third kappa shape index (κ3) is 3.25. The molecule has 3 aromatic rings. The molecule has 3 N–H and O–H groups in total. The maximum atomic E-state index is 11.9. The van der Waals surface area contributed by atoms with E-state index in [4.69, 9.17) is 21.8 Å². The normalized spacial score (nSPS) is 11.6. The van der Waals surface area contributed by atoms with Gasteiger partial charge in [0.05, 0.1) is 4.88 Å². The zero-order valence-electron chi connectivity index (χ0n) is 11.6. The van der Waals surface area contributed by atoms with Crippen molar-refractivity contribution in [3.05, 3.63) is 62.8 Å². The Bertz CT molecular complexity index is 964. The highest BCUT2D eigenvalue weighted by Gasteiger charge is 2.11. The number of amides is 2. The van der Waals surface area contributed by atoms with Crippen LogP contribution >= 0.6 is 22.9 Å². The fraction of sp³-hybridized carbons (Fsp3) is 0. The fourth-order valence-electron chi connectivity index (χ4n) is 1.93. The molecule has 0 unspecified atom stereocenters. The number of carbonyl (C=O) groups is 2. The second-order valence-electron chi connectivity index (χ2n) is 4.54. The number of fused-ring (bicyclic) bond motifs is 1. The maximum Gasteiger partial charge on any atom is 0.281 e. The van der Waals surface area contributed by atoms with E-state index in [1.54, 1.807) is 35.7 Å². The number of nitrogens with zero attached hydrogens (tertiary/aromatic N) is 1. The molecule has 2 aromatic heterocycles. The molecule has 0 atom stereocenters. The zero-order chi connectivity index (χ0) is 16.4. The van der Waals surface area contributed by atoms with Crippen LogP contribution in [0, 0.1) is 0 Å². The second kappa shape index (κ2) is 6.23. The molecular formula is C15H10ClN3O3S. The number of thiophene rings is 1. The largest absolute Gasteiger partial charge is 0.436 e. The number of primary amides is 1. The molecule has 1 aromatic carbocycles. The van der Waals surface area contributed by atoms with E-state index in [1.807, 2.05) is 0 Å². The van der Waals surface area contributed by atoms with Crippen molar-refractivity contribution in [3.8, 4) is 0 Å². The Labute approximate surface area is 139 Å². The molecule has 3 rings (SSSR count). The Hall–Kier alpha value is -2.64. The van der Waals surface area contributed by atoms with Crippen molar-refractivity contribution in [1.29, 1.82) is 0 Å². The Morgan fingerprint density at radius 1 is 1.26 bits per heavy atom. The number of nitrogens with one attached hydrogen (secondary N) is 1. The van der Waals surface area contributed by atoms with Gasteiger partial charge in [0.1, 0.15) is 11.1 Å². The van der Waals surface area contributed by atoms with Crippen LogP contribution < -0.4 is 16.7 Å². The van der Waals surface area contributed by atoms with Gasteiger partial charge in [0, 0.05) is 10.4 Å². The topological polar surface area (TPSA) is 97.7 Å². The van der Waals surface area contributed by atoms with Gasteiger partial charge in [0.2, 0.25) is 5.55 Å². The summed E-state index contributed by atoms with van der Waals surface area (Å²) in [6, 6.07) is 9.85. The van der Waals surface area contributed by atoms with E-state index in [0.29, 0.717) is 20.9 Å². The standard InChI is InChI=1S/C15H10ClN3O3S/c16-9-3-4-11-8(6-9)7-10(13(17)20)15(22-11)19-18-14(21)12-2-1-5-23-12/h1-7H,(H2,17,20)(H,18,21). The summed E-state index contributed by atoms with van der Waals surface area (Å²) in [6.45, 7) is 0. The predicted octanol–water partition coefficient (Wildman–Crippen LogP) is 2.49. The number of nitrogens with two attached hydrogens (primary N) is 1. The van der Waals surface area contributed by atoms with Gasteiger partial charge in [-0.15, -0.1) is 16.4 Å². The Morgan fingerprint density at radius 3 is 2.78 bits per heavy atom. The molecule has 116 valence electrons. The van der Waals surface area contributed by atoms with Crippen molar-refractivity contribution < 1.29 is 14.0 Å². The SMILES string of the molecule is NC(=O)c1cc2cc(Cl)ccc2oc1=NNC(=O)c1cccs1. The average molecular weight is 348 g/mol. The molecule has 0 bridgehead atoms. The lowest BCUT2D eigenvalue weighted by atomic mass is 10.2. The lowest BCUT2D eigenvalue weighted by Crippen LogP contribution is -2.26. The van der Waals surface area contributed by atoms with Crippen LogP contribution in [0.25, 0.3) is 11.0 Å². The minimum Gasteiger partial charge on any atom is -0.436 e. The third-order valence-electron chi connectivity index (χ3n) is 2.98. The summed E-state index contributed by atoms with van der Waals surface area (Å²) in [5, 5.41) is 6.74. The molecule has 8 heteroatoms. The van der Waals surface area contributed by atoms with Crippen LogP contribution in [0.4, 0.5) is 0 Å². The van der Waals surface area contributed by atoms with Gasteiger partial charge in [-0.2, -0.15) is 0 Å². The molecule has 0 spiro atoms. The molecule has 0 fully saturated rings. The molecule has 0 saturated heterocycles. The van der Waals surface area contributed by atoms with Crippen molar-refractivity contribution in [1.82, 2.24) is 5.43 Å². The Kier molecular flexibility index (Phi) is 4.14. The first kappa shape index (κ1) is 15.3. The molecule has 23 heavy (non-hydrogen) atoms. The molecule has 0 aliphatic carbocycles. The van der Waals surface area contributed by atoms with E-state index < -0.39 is 11.8 Å². The van der Waals surface area contributed by atoms with E-state index in [9.17, 15) is 9.59 Å². The second-order valence-corrected chi connectivity index (χ2v) is 5.93. The molecular weight excluding hydrogens is 338 g/mol. The molecule has 0 aliphatic rings. The summed E-state index contributed by atoms with van der Waals surface area (Å²) in [4.78, 5) is 24.0. The number of hydrogen-bond acceptors (Lipinski definition) is 5. The van der Waals surface area contributed by atoms with Crippen LogP contribution in [-0.2, 0) is 0 Å². The number of halogens is 1. The van der Waals surface area contributed by atoms with Crippen LogP contribution in [0.3, 0.4) is 0 Å². The van der Waals surface area contributed by atoms with E-state index in [1.165, 1.54) is 17.4 Å². The van der Waals surface area contributed by atoms with Gasteiger partial charge < -0.3 is 10.2 Å². The van der Waals surface area contributed by atoms with Gasteiger partial charge >= 0.3 is 0 Å². The van der Waals surface area contributed by atoms with Gasteiger partial charge in [-0.1, -0.05) is 17.7 Å². The minimum atomic E-state index is -0.722. The maximum absolute atomic E-state index is 11.9. The summed E-state index contributed by atoms with van der Waals surface area (Å²) in [7, 11) is 0. The van der Waals surface area contributed by atoms with Crippen LogP contribution in [0.1, 0.15) is 20.0 Å². The highest BCUT2D eigenvalue weighted by molar-refractivity contribution is 7.12. The van der Waals surface area contributed by atoms with Crippen LogP contribution in [0.2, 0.25) is 5.02 Å². The number of carbonyl (C=O) groups excluding carboxylic acids is 2. The highest BCUT2D eigenvalue weighted by atomic mass is 35.5. The van der Waals surface area contributed by atoms with Crippen molar-refractivity contribution >= 4 is 45.7 Å². The first-order chi connectivity index (χ1) is 11.0. The summed E-state index contributed by atoms with van der Waals surface area (Å²) < 4.78 is 5.54. The summed E-state index contributed by atoms with van der Waals surface area (Å²) in [5.41, 5.74) is 8.12. The van der Waals surface area contributed by atoms with Gasteiger partial charge in [-0.3, -0.25) is 9.59 Å². The lowest BCUT2D eigenvalue weighted by molar-refractivity contribution is 0.0950. The summed E-state index contributed by atoms with van der Waals surface area (Å²) in [5.74, 6) is -1.12. The molecule has 0 aliphatic heterocycles. The first-order valence-corrected chi connectivity index (χ1v) is 7.71. The minimum absolute atomic E-state index is 0.0475. The molecule has 2 heterocycles. The van der Waals surface area contributed by atoms with Crippen molar-refractivity contribution in [2.75, 3.05) is 0 Å². The quantitative estimate of drug-likeness (QED) is 0.712. The number of hydrogen-bond donors (Lipinski definition) is 2. The predicted molar refractivity (Wildman–Crippen MR) is 87.1 cm³/mol. The van der Waals surface area contributed by atoms with Crippen molar-refractivity contribution in [3.63, 3.8) is 0 Å². The number of rotatable bonds is 3. The molecule has 6 nitrogen and oxygen atoms in total. The Morgan fingerprint density at radius 2 is 2.09 bits per heavy atom.